The molecule has 0 bridgehead atoms. The summed E-state index contributed by atoms with van der Waals surface area (Å²) in [5, 5.41) is 6.61. The van der Waals surface area contributed by atoms with E-state index in [1.807, 2.05) is 0 Å². The number of aromatic nitrogens is 1. The highest BCUT2D eigenvalue weighted by atomic mass is 35.5. The Hall–Kier alpha value is -1.04. The van der Waals surface area contributed by atoms with Crippen molar-refractivity contribution in [1.82, 2.24) is 10.3 Å². The van der Waals surface area contributed by atoms with Crippen molar-refractivity contribution in [3.63, 3.8) is 0 Å². The third-order valence-electron chi connectivity index (χ3n) is 3.17. The standard InChI is InChI=1S/C13H19N3O2.2ClH/c1-18-13(17)11-5-3-7-15-12(11)16-9-10-4-2-6-14-8-10;;/h3,5,7,10,14H,2,4,6,8-9H2,1H3,(H,15,16);2*1H. The van der Waals surface area contributed by atoms with Gasteiger partial charge in [0.05, 0.1) is 7.11 Å². The van der Waals surface area contributed by atoms with Crippen molar-refractivity contribution in [3.8, 4) is 0 Å². The van der Waals surface area contributed by atoms with Crippen LogP contribution in [0, 0.1) is 5.92 Å². The molecule has 0 aliphatic carbocycles. The molecule has 7 heteroatoms. The fourth-order valence-electron chi connectivity index (χ4n) is 2.16. The number of esters is 1. The number of anilines is 1. The summed E-state index contributed by atoms with van der Waals surface area (Å²) >= 11 is 0. The minimum atomic E-state index is -0.354. The molecule has 1 unspecified atom stereocenters. The number of carbonyl (C=O) groups excluding carboxylic acids is 1. The number of ether oxygens (including phenoxy) is 1. The van der Waals surface area contributed by atoms with E-state index in [0.29, 0.717) is 17.3 Å². The highest BCUT2D eigenvalue weighted by molar-refractivity contribution is 5.94. The monoisotopic (exact) mass is 321 g/mol. The van der Waals surface area contributed by atoms with Crippen molar-refractivity contribution in [2.45, 2.75) is 12.8 Å². The molecular weight excluding hydrogens is 301 g/mol. The van der Waals surface area contributed by atoms with Gasteiger partial charge in [-0.25, -0.2) is 9.78 Å². The van der Waals surface area contributed by atoms with Gasteiger partial charge in [0, 0.05) is 12.7 Å². The Labute approximate surface area is 131 Å². The average Bonchev–Trinajstić information content (AvgIpc) is 2.45. The first-order chi connectivity index (χ1) is 8.81. The number of halogens is 2. The number of pyridine rings is 1. The molecule has 20 heavy (non-hydrogen) atoms. The molecule has 1 aliphatic rings. The molecule has 0 spiro atoms. The molecule has 2 rings (SSSR count). The SMILES string of the molecule is COC(=O)c1cccnc1NCC1CCCNC1.Cl.Cl. The highest BCUT2D eigenvalue weighted by Gasteiger charge is 2.16. The van der Waals surface area contributed by atoms with E-state index in [9.17, 15) is 4.79 Å². The lowest BCUT2D eigenvalue weighted by molar-refractivity contribution is 0.0601. The maximum absolute atomic E-state index is 11.6. The van der Waals surface area contributed by atoms with E-state index in [1.165, 1.54) is 20.0 Å². The van der Waals surface area contributed by atoms with Crippen LogP contribution in [0.15, 0.2) is 18.3 Å². The average molecular weight is 322 g/mol. The molecule has 2 heterocycles. The first-order valence-corrected chi connectivity index (χ1v) is 6.29. The van der Waals surface area contributed by atoms with Crippen LogP contribution in [0.1, 0.15) is 23.2 Å². The van der Waals surface area contributed by atoms with E-state index < -0.39 is 0 Å². The van der Waals surface area contributed by atoms with E-state index in [1.54, 1.807) is 18.3 Å². The number of nitrogens with one attached hydrogen (secondary N) is 2. The Morgan fingerprint density at radius 3 is 3.00 bits per heavy atom. The fourth-order valence-corrected chi connectivity index (χ4v) is 2.16. The zero-order valence-corrected chi connectivity index (χ0v) is 13.1. The largest absolute Gasteiger partial charge is 0.465 e. The molecule has 5 nitrogen and oxygen atoms in total. The minimum absolute atomic E-state index is 0. The zero-order valence-electron chi connectivity index (χ0n) is 11.4. The van der Waals surface area contributed by atoms with Crippen molar-refractivity contribution in [2.24, 2.45) is 5.92 Å². The molecule has 1 aliphatic heterocycles. The lowest BCUT2D eigenvalue weighted by Gasteiger charge is -2.23. The number of methoxy groups -OCH3 is 1. The number of rotatable bonds is 4. The van der Waals surface area contributed by atoms with E-state index in [-0.39, 0.29) is 30.8 Å². The van der Waals surface area contributed by atoms with E-state index >= 15 is 0 Å². The first kappa shape index (κ1) is 19.0. The van der Waals surface area contributed by atoms with Crippen molar-refractivity contribution in [2.75, 3.05) is 32.1 Å². The van der Waals surface area contributed by atoms with Crippen LogP contribution in [0.2, 0.25) is 0 Å². The van der Waals surface area contributed by atoms with Crippen LogP contribution in [0.25, 0.3) is 0 Å². The molecular formula is C13H21Cl2N3O2. The van der Waals surface area contributed by atoms with Crippen LogP contribution < -0.4 is 10.6 Å². The minimum Gasteiger partial charge on any atom is -0.465 e. The predicted octanol–water partition coefficient (Wildman–Crippen LogP) is 2.12. The molecule has 1 saturated heterocycles. The number of piperidine rings is 1. The number of hydrogen-bond acceptors (Lipinski definition) is 5. The maximum Gasteiger partial charge on any atom is 0.341 e. The lowest BCUT2D eigenvalue weighted by Crippen LogP contribution is -2.33. The van der Waals surface area contributed by atoms with Gasteiger partial charge in [0.1, 0.15) is 11.4 Å². The Morgan fingerprint density at radius 1 is 1.55 bits per heavy atom. The third-order valence-corrected chi connectivity index (χ3v) is 3.17. The van der Waals surface area contributed by atoms with Gasteiger partial charge < -0.3 is 15.4 Å². The Bertz CT molecular complexity index is 412. The second-order valence-electron chi connectivity index (χ2n) is 4.48. The summed E-state index contributed by atoms with van der Waals surface area (Å²) in [4.78, 5) is 15.8. The van der Waals surface area contributed by atoms with Crippen LogP contribution in [0.5, 0.6) is 0 Å². The van der Waals surface area contributed by atoms with Gasteiger partial charge in [-0.1, -0.05) is 0 Å². The van der Waals surface area contributed by atoms with Gasteiger partial charge in [-0.2, -0.15) is 0 Å². The number of hydrogen-bond donors (Lipinski definition) is 2. The summed E-state index contributed by atoms with van der Waals surface area (Å²) in [6, 6.07) is 3.46. The maximum atomic E-state index is 11.6. The Kier molecular flexibility index (Phi) is 9.29. The molecule has 0 saturated carbocycles. The molecule has 1 aromatic heterocycles. The molecule has 0 radical (unpaired) electrons. The number of carbonyl (C=O) groups is 1. The fraction of sp³-hybridized carbons (Fsp3) is 0.538. The molecule has 114 valence electrons. The second kappa shape index (κ2) is 9.80. The zero-order chi connectivity index (χ0) is 12.8. The molecule has 1 fully saturated rings. The van der Waals surface area contributed by atoms with Crippen molar-refractivity contribution in [1.29, 1.82) is 0 Å². The summed E-state index contributed by atoms with van der Waals surface area (Å²) < 4.78 is 4.74. The van der Waals surface area contributed by atoms with Gasteiger partial charge in [-0.3, -0.25) is 0 Å². The smallest absolute Gasteiger partial charge is 0.341 e. The lowest BCUT2D eigenvalue weighted by atomic mass is 10.00. The quantitative estimate of drug-likeness (QED) is 0.832. The number of nitrogens with zero attached hydrogens (tertiary/aromatic N) is 1. The van der Waals surface area contributed by atoms with Gasteiger partial charge in [0.15, 0.2) is 0 Å². The summed E-state index contributed by atoms with van der Waals surface area (Å²) in [6.45, 7) is 2.95. The van der Waals surface area contributed by atoms with E-state index in [0.717, 1.165) is 19.6 Å². The molecule has 1 atom stereocenters. The van der Waals surface area contributed by atoms with Gasteiger partial charge >= 0.3 is 5.97 Å². The van der Waals surface area contributed by atoms with Gasteiger partial charge in [-0.15, -0.1) is 24.8 Å². The molecule has 2 N–H and O–H groups in total. The summed E-state index contributed by atoms with van der Waals surface area (Å²) in [7, 11) is 1.38. The van der Waals surface area contributed by atoms with Gasteiger partial charge in [-0.05, 0) is 44.0 Å². The van der Waals surface area contributed by atoms with Crippen molar-refractivity contribution < 1.29 is 9.53 Å². The first-order valence-electron chi connectivity index (χ1n) is 6.29. The molecule has 0 aromatic carbocycles. The second-order valence-corrected chi connectivity index (χ2v) is 4.48. The third kappa shape index (κ3) is 5.15. The summed E-state index contributed by atoms with van der Waals surface area (Å²) in [5.74, 6) is 0.841. The van der Waals surface area contributed by atoms with Crippen molar-refractivity contribution >= 4 is 36.6 Å². The van der Waals surface area contributed by atoms with Crippen LogP contribution >= 0.6 is 24.8 Å². The molecule has 1 aromatic rings. The van der Waals surface area contributed by atoms with Gasteiger partial charge in [0.25, 0.3) is 0 Å². The topological polar surface area (TPSA) is 63.2 Å². The van der Waals surface area contributed by atoms with Gasteiger partial charge in [0.2, 0.25) is 0 Å². The van der Waals surface area contributed by atoms with Crippen LogP contribution in [-0.2, 0) is 4.74 Å². The van der Waals surface area contributed by atoms with E-state index in [2.05, 4.69) is 15.6 Å². The van der Waals surface area contributed by atoms with Crippen LogP contribution in [0.3, 0.4) is 0 Å². The summed E-state index contributed by atoms with van der Waals surface area (Å²) in [6.07, 6.45) is 4.09. The van der Waals surface area contributed by atoms with Crippen molar-refractivity contribution in [3.05, 3.63) is 23.9 Å². The van der Waals surface area contributed by atoms with Crippen LogP contribution in [-0.4, -0.2) is 37.7 Å². The van der Waals surface area contributed by atoms with E-state index in [4.69, 9.17) is 4.74 Å². The molecule has 0 amide bonds. The normalized spacial score (nSPS) is 17.4. The van der Waals surface area contributed by atoms with Crippen LogP contribution in [0.4, 0.5) is 5.82 Å². The summed E-state index contributed by atoms with van der Waals surface area (Å²) in [5.41, 5.74) is 0.490. The Morgan fingerprint density at radius 2 is 2.35 bits per heavy atom. The Balaban J connectivity index is 0.00000180. The predicted molar refractivity (Wildman–Crippen MR) is 84.2 cm³/mol. The highest BCUT2D eigenvalue weighted by Crippen LogP contribution is 2.15.